The van der Waals surface area contributed by atoms with Crippen molar-refractivity contribution in [2.75, 3.05) is 0 Å². The molecule has 15 heavy (non-hydrogen) atoms. The number of carbonyl (C=O) groups excluding carboxylic acids is 1. The normalized spacial score (nSPS) is 10.0. The maximum atomic E-state index is 10.8. The molecule has 1 aromatic heterocycles. The lowest BCUT2D eigenvalue weighted by Crippen LogP contribution is -2.06. The van der Waals surface area contributed by atoms with E-state index in [0.717, 1.165) is 31.4 Å². The molecule has 1 rings (SSSR count). The number of rotatable bonds is 5. The highest BCUT2D eigenvalue weighted by atomic mass is 17.1. The Morgan fingerprint density at radius 3 is 2.73 bits per heavy atom. The van der Waals surface area contributed by atoms with Gasteiger partial charge in [0, 0.05) is 0 Å². The topological polar surface area (TPSA) is 72.3 Å². The number of carbonyl (C=O) groups is 1. The molecule has 0 aromatic carbocycles. The molecule has 0 aliphatic rings. The van der Waals surface area contributed by atoms with Crippen molar-refractivity contribution < 1.29 is 14.9 Å². The maximum absolute atomic E-state index is 10.8. The molecule has 1 heterocycles. The van der Waals surface area contributed by atoms with Crippen LogP contribution in [0.2, 0.25) is 0 Å². The van der Waals surface area contributed by atoms with Gasteiger partial charge < -0.3 is 0 Å². The van der Waals surface area contributed by atoms with Gasteiger partial charge in [-0.2, -0.15) is 10.4 Å². The number of hydrogen-bond donors (Lipinski definition) is 1. The van der Waals surface area contributed by atoms with Gasteiger partial charge in [0.1, 0.15) is 0 Å². The highest BCUT2D eigenvalue weighted by molar-refractivity contribution is 5.86. The van der Waals surface area contributed by atoms with Gasteiger partial charge >= 0.3 is 5.97 Å². The first-order valence-electron chi connectivity index (χ1n) is 4.96. The quantitative estimate of drug-likeness (QED) is 0.456. The Morgan fingerprint density at radius 1 is 1.40 bits per heavy atom. The number of aryl methyl sites for hydroxylation is 1. The van der Waals surface area contributed by atoms with E-state index < -0.39 is 5.97 Å². The van der Waals surface area contributed by atoms with E-state index in [2.05, 4.69) is 22.0 Å². The summed E-state index contributed by atoms with van der Waals surface area (Å²) in [5.74, 6) is -0.886. The summed E-state index contributed by atoms with van der Waals surface area (Å²) in [6, 6.07) is 3.21. The van der Waals surface area contributed by atoms with Gasteiger partial charge in [-0.15, -0.1) is 5.10 Å². The van der Waals surface area contributed by atoms with Crippen molar-refractivity contribution >= 4 is 5.97 Å². The molecular formula is C10H14N2O3. The summed E-state index contributed by atoms with van der Waals surface area (Å²) in [4.78, 5) is 14.3. The summed E-state index contributed by atoms with van der Waals surface area (Å²) in [6.07, 6.45) is 4.23. The van der Waals surface area contributed by atoms with Crippen LogP contribution in [0.1, 0.15) is 42.4 Å². The van der Waals surface area contributed by atoms with Gasteiger partial charge in [0.05, 0.1) is 5.69 Å². The zero-order valence-electron chi connectivity index (χ0n) is 8.64. The lowest BCUT2D eigenvalue weighted by molar-refractivity contribution is -0.183. The second kappa shape index (κ2) is 6.08. The van der Waals surface area contributed by atoms with E-state index in [1.54, 1.807) is 6.07 Å². The monoisotopic (exact) mass is 210 g/mol. The van der Waals surface area contributed by atoms with E-state index in [0.29, 0.717) is 0 Å². The molecule has 0 unspecified atom stereocenters. The van der Waals surface area contributed by atoms with Gasteiger partial charge in [-0.3, -0.25) is 4.89 Å². The SMILES string of the molecule is CCCCCc1ccc(C(=O)OO)nn1. The van der Waals surface area contributed by atoms with Crippen molar-refractivity contribution in [1.82, 2.24) is 10.2 Å². The van der Waals surface area contributed by atoms with E-state index in [1.807, 2.05) is 0 Å². The lowest BCUT2D eigenvalue weighted by Gasteiger charge is -1.99. The highest BCUT2D eigenvalue weighted by Crippen LogP contribution is 2.04. The second-order valence-corrected chi connectivity index (χ2v) is 3.25. The Bertz CT molecular complexity index is 311. The fraction of sp³-hybridized carbons (Fsp3) is 0.500. The lowest BCUT2D eigenvalue weighted by atomic mass is 10.1. The Morgan fingerprint density at radius 2 is 2.20 bits per heavy atom. The van der Waals surface area contributed by atoms with Crippen molar-refractivity contribution in [2.24, 2.45) is 0 Å². The molecule has 0 amide bonds. The van der Waals surface area contributed by atoms with E-state index in [-0.39, 0.29) is 5.69 Å². The van der Waals surface area contributed by atoms with Crippen LogP contribution in [0.15, 0.2) is 12.1 Å². The summed E-state index contributed by atoms with van der Waals surface area (Å²) in [5.41, 5.74) is 0.856. The summed E-state index contributed by atoms with van der Waals surface area (Å²) in [5, 5.41) is 15.6. The van der Waals surface area contributed by atoms with Crippen LogP contribution in [0.3, 0.4) is 0 Å². The number of unbranched alkanes of at least 4 members (excludes halogenated alkanes) is 2. The summed E-state index contributed by atoms with van der Waals surface area (Å²) in [7, 11) is 0. The number of hydrogen-bond acceptors (Lipinski definition) is 5. The minimum absolute atomic E-state index is 0.0109. The molecule has 1 N–H and O–H groups in total. The Hall–Kier alpha value is -1.49. The zero-order chi connectivity index (χ0) is 11.1. The highest BCUT2D eigenvalue weighted by Gasteiger charge is 2.08. The van der Waals surface area contributed by atoms with E-state index >= 15 is 0 Å². The van der Waals surface area contributed by atoms with Crippen LogP contribution >= 0.6 is 0 Å². The molecule has 0 saturated carbocycles. The summed E-state index contributed by atoms with van der Waals surface area (Å²) >= 11 is 0. The fourth-order valence-electron chi connectivity index (χ4n) is 1.20. The van der Waals surface area contributed by atoms with Crippen LogP contribution < -0.4 is 0 Å². The average Bonchev–Trinajstić information content (AvgIpc) is 2.29. The van der Waals surface area contributed by atoms with Crippen LogP contribution in [0, 0.1) is 0 Å². The third-order valence-corrected chi connectivity index (χ3v) is 2.05. The maximum Gasteiger partial charge on any atom is 0.392 e. The molecular weight excluding hydrogens is 196 g/mol. The fourth-order valence-corrected chi connectivity index (χ4v) is 1.20. The molecule has 0 bridgehead atoms. The second-order valence-electron chi connectivity index (χ2n) is 3.25. The number of aromatic nitrogens is 2. The predicted octanol–water partition coefficient (Wildman–Crippen LogP) is 1.84. The first kappa shape index (κ1) is 11.6. The minimum atomic E-state index is -0.886. The molecule has 0 radical (unpaired) electrons. The van der Waals surface area contributed by atoms with Gasteiger partial charge in [-0.1, -0.05) is 19.8 Å². The third-order valence-electron chi connectivity index (χ3n) is 2.05. The molecule has 0 spiro atoms. The van der Waals surface area contributed by atoms with Gasteiger partial charge in [-0.05, 0) is 25.0 Å². The van der Waals surface area contributed by atoms with Crippen molar-refractivity contribution in [2.45, 2.75) is 32.6 Å². The molecule has 5 nitrogen and oxygen atoms in total. The Labute approximate surface area is 88.0 Å². The molecule has 1 aromatic rings. The van der Waals surface area contributed by atoms with Crippen molar-refractivity contribution in [1.29, 1.82) is 0 Å². The van der Waals surface area contributed by atoms with E-state index in [9.17, 15) is 4.79 Å². The van der Waals surface area contributed by atoms with E-state index in [1.165, 1.54) is 6.07 Å². The van der Waals surface area contributed by atoms with Crippen LogP contribution in [-0.4, -0.2) is 21.4 Å². The first-order chi connectivity index (χ1) is 7.27. The zero-order valence-corrected chi connectivity index (χ0v) is 8.64. The Balaban J connectivity index is 2.52. The predicted molar refractivity (Wildman–Crippen MR) is 53.3 cm³/mol. The van der Waals surface area contributed by atoms with Crippen molar-refractivity contribution in [3.8, 4) is 0 Å². The van der Waals surface area contributed by atoms with Crippen molar-refractivity contribution in [3.05, 3.63) is 23.5 Å². The number of nitrogens with zero attached hydrogens (tertiary/aromatic N) is 2. The average molecular weight is 210 g/mol. The van der Waals surface area contributed by atoms with Crippen molar-refractivity contribution in [3.63, 3.8) is 0 Å². The standard InChI is InChI=1S/C10H14N2O3/c1-2-3-4-5-8-6-7-9(12-11-8)10(13)15-14/h6-7,14H,2-5H2,1H3. The third kappa shape index (κ3) is 3.63. The van der Waals surface area contributed by atoms with Crippen LogP contribution in [-0.2, 0) is 11.3 Å². The molecule has 0 aliphatic carbocycles. The molecule has 82 valence electrons. The molecule has 0 atom stereocenters. The van der Waals surface area contributed by atoms with E-state index in [4.69, 9.17) is 5.26 Å². The van der Waals surface area contributed by atoms with Crippen LogP contribution in [0.25, 0.3) is 0 Å². The summed E-state index contributed by atoms with van der Waals surface area (Å²) in [6.45, 7) is 2.13. The first-order valence-corrected chi connectivity index (χ1v) is 4.96. The van der Waals surface area contributed by atoms with Crippen LogP contribution in [0.5, 0.6) is 0 Å². The largest absolute Gasteiger partial charge is 0.392 e. The van der Waals surface area contributed by atoms with Gasteiger partial charge in [-0.25, -0.2) is 4.79 Å². The molecule has 0 aliphatic heterocycles. The minimum Gasteiger partial charge on any atom is -0.294 e. The van der Waals surface area contributed by atoms with Gasteiger partial charge in [0.25, 0.3) is 0 Å². The molecule has 0 fully saturated rings. The smallest absolute Gasteiger partial charge is 0.294 e. The molecule has 0 saturated heterocycles. The van der Waals surface area contributed by atoms with Crippen LogP contribution in [0.4, 0.5) is 0 Å². The summed E-state index contributed by atoms with van der Waals surface area (Å²) < 4.78 is 0. The Kier molecular flexibility index (Phi) is 4.70. The van der Waals surface area contributed by atoms with Gasteiger partial charge in [0.15, 0.2) is 5.69 Å². The molecule has 5 heteroatoms. The van der Waals surface area contributed by atoms with Gasteiger partial charge in [0.2, 0.25) is 0 Å².